The summed E-state index contributed by atoms with van der Waals surface area (Å²) in [6, 6.07) is 9.57. The van der Waals surface area contributed by atoms with E-state index in [0.717, 1.165) is 24.4 Å². The van der Waals surface area contributed by atoms with Crippen LogP contribution in [-0.4, -0.2) is 20.9 Å². The first-order chi connectivity index (χ1) is 16.3. The third kappa shape index (κ3) is 7.74. The Labute approximate surface area is 227 Å². The molecule has 15 heteroatoms. The second-order valence-corrected chi connectivity index (χ2v) is 6.86. The van der Waals surface area contributed by atoms with Crippen LogP contribution in [0.25, 0.3) is 0 Å². The van der Waals surface area contributed by atoms with Crippen molar-refractivity contribution < 1.29 is 22.7 Å². The average Bonchev–Trinajstić information content (AvgIpc) is 2.78. The van der Waals surface area contributed by atoms with Crippen molar-refractivity contribution in [1.29, 1.82) is 0 Å². The largest absolute Gasteiger partial charge is 0.454 e. The first-order valence-electron chi connectivity index (χ1n) is 9.63. The molecule has 9 nitrogen and oxygen atoms in total. The van der Waals surface area contributed by atoms with Crippen LogP contribution in [0.1, 0.15) is 10.4 Å². The number of anilines is 5. The van der Waals surface area contributed by atoms with E-state index in [1.54, 1.807) is 0 Å². The summed E-state index contributed by atoms with van der Waals surface area (Å²) in [6.07, 6.45) is 2.53. The smallest absolute Gasteiger partial charge is 0.261 e. The van der Waals surface area contributed by atoms with Gasteiger partial charge in [0.25, 0.3) is 5.91 Å². The summed E-state index contributed by atoms with van der Waals surface area (Å²) in [6.45, 7) is 0. The summed E-state index contributed by atoms with van der Waals surface area (Å²) in [5.41, 5.74) is 11.0. The molecule has 0 saturated heterocycles. The lowest BCUT2D eigenvalue weighted by Gasteiger charge is -2.13. The van der Waals surface area contributed by atoms with E-state index in [1.807, 2.05) is 0 Å². The minimum Gasteiger partial charge on any atom is -0.454 e. The van der Waals surface area contributed by atoms with E-state index in [0.29, 0.717) is 11.8 Å². The van der Waals surface area contributed by atoms with Crippen LogP contribution in [0.15, 0.2) is 60.9 Å². The van der Waals surface area contributed by atoms with Crippen LogP contribution < -0.4 is 26.8 Å². The van der Waals surface area contributed by atoms with E-state index in [4.69, 9.17) is 16.2 Å². The predicted octanol–water partition coefficient (Wildman–Crippen LogP) is 5.51. The van der Waals surface area contributed by atoms with Crippen LogP contribution in [0, 0.1) is 17.5 Å². The number of ether oxygens (including phenoxy) is 1. The van der Waals surface area contributed by atoms with Crippen LogP contribution in [0.2, 0.25) is 0 Å². The number of hydrogen-bond acceptors (Lipinski definition) is 8. The third-order valence-corrected chi connectivity index (χ3v) is 4.41. The average molecular weight is 577 g/mol. The van der Waals surface area contributed by atoms with Gasteiger partial charge in [0.15, 0.2) is 11.6 Å². The van der Waals surface area contributed by atoms with Gasteiger partial charge >= 0.3 is 0 Å². The topological polar surface area (TPSA) is 141 Å². The lowest BCUT2D eigenvalue weighted by atomic mass is 10.2. The molecule has 196 valence electrons. The van der Waals surface area contributed by atoms with Crippen molar-refractivity contribution >= 4 is 72.1 Å². The number of pyridine rings is 1. The predicted molar refractivity (Wildman–Crippen MR) is 141 cm³/mol. The van der Waals surface area contributed by atoms with Gasteiger partial charge in [-0.05, 0) is 30.3 Å². The fourth-order valence-electron chi connectivity index (χ4n) is 2.85. The van der Waals surface area contributed by atoms with E-state index in [-0.39, 0.29) is 77.5 Å². The molecule has 1 amide bonds. The van der Waals surface area contributed by atoms with Crippen molar-refractivity contribution in [2.75, 3.05) is 22.1 Å². The molecule has 0 bridgehead atoms. The maximum atomic E-state index is 14.6. The van der Waals surface area contributed by atoms with Crippen LogP contribution in [-0.2, 0) is 0 Å². The number of carbonyl (C=O) groups is 1. The zero-order valence-electron chi connectivity index (χ0n) is 18.4. The molecule has 0 unspecified atom stereocenters. The van der Waals surface area contributed by atoms with Crippen molar-refractivity contribution in [3.63, 3.8) is 0 Å². The van der Waals surface area contributed by atoms with Gasteiger partial charge in [0, 0.05) is 36.3 Å². The quantitative estimate of drug-likeness (QED) is 0.236. The Hall–Kier alpha value is -4.00. The van der Waals surface area contributed by atoms with Gasteiger partial charge < -0.3 is 26.8 Å². The fourth-order valence-corrected chi connectivity index (χ4v) is 2.85. The maximum Gasteiger partial charge on any atom is 0.261 e. The molecular formula is C22H19Cl3F3N7O2. The van der Waals surface area contributed by atoms with Crippen LogP contribution in [0.5, 0.6) is 11.5 Å². The molecule has 0 aliphatic carbocycles. The van der Waals surface area contributed by atoms with Gasteiger partial charge in [-0.1, -0.05) is 0 Å². The summed E-state index contributed by atoms with van der Waals surface area (Å²) in [7, 11) is 0. The monoisotopic (exact) mass is 575 g/mol. The van der Waals surface area contributed by atoms with E-state index >= 15 is 0 Å². The molecular weight excluding hydrogens is 558 g/mol. The molecule has 0 aliphatic heterocycles. The summed E-state index contributed by atoms with van der Waals surface area (Å²) >= 11 is 0. The summed E-state index contributed by atoms with van der Waals surface area (Å²) < 4.78 is 47.1. The molecule has 0 radical (unpaired) electrons. The standard InChI is InChI=1S/C22H16F3N7O2.3ClH/c23-11-1-3-17(15(24)7-11)31-21(33)14-10-29-22(27)32-20(14)30-12-2-4-18(16(25)8-12)34-13-5-6-28-19(26)9-13;;;/h1-10H,(H2,26,28)(H,31,33)(H3,27,29,30,32);3*1H. The van der Waals surface area contributed by atoms with Crippen molar-refractivity contribution in [3.05, 3.63) is 83.9 Å². The minimum atomic E-state index is -0.965. The van der Waals surface area contributed by atoms with Gasteiger partial charge in [-0.15, -0.1) is 37.2 Å². The molecule has 2 heterocycles. The molecule has 0 atom stereocenters. The summed E-state index contributed by atoms with van der Waals surface area (Å²) in [5, 5.41) is 5.07. The van der Waals surface area contributed by atoms with Crippen molar-refractivity contribution in [2.45, 2.75) is 0 Å². The van der Waals surface area contributed by atoms with Crippen LogP contribution >= 0.6 is 37.2 Å². The maximum absolute atomic E-state index is 14.6. The molecule has 0 spiro atoms. The number of rotatable bonds is 6. The first-order valence-corrected chi connectivity index (χ1v) is 9.63. The zero-order chi connectivity index (χ0) is 24.2. The van der Waals surface area contributed by atoms with Crippen LogP contribution in [0.3, 0.4) is 0 Å². The normalized spacial score (nSPS) is 9.70. The highest BCUT2D eigenvalue weighted by Gasteiger charge is 2.17. The molecule has 4 rings (SSSR count). The number of aromatic nitrogens is 3. The van der Waals surface area contributed by atoms with Crippen LogP contribution in [0.4, 0.5) is 42.1 Å². The summed E-state index contributed by atoms with van der Waals surface area (Å²) in [5.74, 6) is -3.09. The number of nitrogens with zero attached hydrogens (tertiary/aromatic N) is 3. The molecule has 0 fully saturated rings. The van der Waals surface area contributed by atoms with Gasteiger partial charge in [-0.25, -0.2) is 23.1 Å². The Bertz CT molecular complexity index is 1400. The number of nitrogens with one attached hydrogen (secondary N) is 2. The highest BCUT2D eigenvalue weighted by atomic mass is 35.5. The van der Waals surface area contributed by atoms with Gasteiger partial charge in [0.2, 0.25) is 5.95 Å². The highest BCUT2D eigenvalue weighted by Crippen LogP contribution is 2.29. The lowest BCUT2D eigenvalue weighted by molar-refractivity contribution is 0.102. The first kappa shape index (κ1) is 31.0. The minimum absolute atomic E-state index is 0. The zero-order valence-corrected chi connectivity index (χ0v) is 20.9. The van der Waals surface area contributed by atoms with Crippen molar-refractivity contribution in [2.24, 2.45) is 0 Å². The fraction of sp³-hybridized carbons (Fsp3) is 0. The number of amides is 1. The Morgan fingerprint density at radius 2 is 1.65 bits per heavy atom. The lowest BCUT2D eigenvalue weighted by Crippen LogP contribution is -2.17. The number of carbonyl (C=O) groups excluding carboxylic acids is 1. The van der Waals surface area contributed by atoms with Crippen molar-refractivity contribution in [3.8, 4) is 11.5 Å². The molecule has 0 aliphatic rings. The molecule has 37 heavy (non-hydrogen) atoms. The number of halogens is 6. The SMILES string of the molecule is Cl.Cl.Cl.Nc1cc(Oc2ccc(Nc3nc(N)ncc3C(=O)Nc3ccc(F)cc3F)cc2F)ccn1. The number of benzene rings is 2. The second-order valence-electron chi connectivity index (χ2n) is 6.86. The molecule has 2 aromatic heterocycles. The molecule has 6 N–H and O–H groups in total. The second kappa shape index (κ2) is 13.3. The molecule has 2 aromatic carbocycles. The van der Waals surface area contributed by atoms with Gasteiger partial charge in [-0.2, -0.15) is 4.98 Å². The van der Waals surface area contributed by atoms with Crippen molar-refractivity contribution in [1.82, 2.24) is 15.0 Å². The summed E-state index contributed by atoms with van der Waals surface area (Å²) in [4.78, 5) is 24.2. The van der Waals surface area contributed by atoms with Gasteiger partial charge in [0.05, 0.1) is 5.69 Å². The van der Waals surface area contributed by atoms with E-state index in [2.05, 4.69) is 25.6 Å². The van der Waals surface area contributed by atoms with Gasteiger partial charge in [0.1, 0.15) is 34.6 Å². The molecule has 4 aromatic rings. The molecule has 0 saturated carbocycles. The third-order valence-electron chi connectivity index (χ3n) is 4.41. The Morgan fingerprint density at radius 3 is 2.32 bits per heavy atom. The van der Waals surface area contributed by atoms with E-state index in [9.17, 15) is 18.0 Å². The van der Waals surface area contributed by atoms with Gasteiger partial charge in [-0.3, -0.25) is 4.79 Å². The Morgan fingerprint density at radius 1 is 0.892 bits per heavy atom. The number of nitrogens with two attached hydrogens (primary N) is 2. The number of nitrogen functional groups attached to an aromatic ring is 2. The Balaban J connectivity index is 0.00000228. The van der Waals surface area contributed by atoms with E-state index < -0.39 is 23.4 Å². The highest BCUT2D eigenvalue weighted by molar-refractivity contribution is 6.07. The number of hydrogen-bond donors (Lipinski definition) is 4. The van der Waals surface area contributed by atoms with E-state index in [1.165, 1.54) is 30.5 Å². The Kier molecular flexibility index (Phi) is 11.2.